The normalized spacial score (nSPS) is 13.5. The standard InChI is InChI=1S/C13H18N2S/c1-9(2)10(8-14)7-13-15-11-5-3-4-6-12(11)16-13/h3-6,9-10H,7-8,14H2,1-2H3. The lowest BCUT2D eigenvalue weighted by Gasteiger charge is -2.16. The van der Waals surface area contributed by atoms with Crippen LogP contribution in [0.1, 0.15) is 18.9 Å². The van der Waals surface area contributed by atoms with Gasteiger partial charge in [-0.1, -0.05) is 26.0 Å². The van der Waals surface area contributed by atoms with Crippen LogP contribution < -0.4 is 5.73 Å². The van der Waals surface area contributed by atoms with Gasteiger partial charge in [-0.05, 0) is 30.5 Å². The van der Waals surface area contributed by atoms with Gasteiger partial charge in [0.15, 0.2) is 0 Å². The summed E-state index contributed by atoms with van der Waals surface area (Å²) in [4.78, 5) is 4.65. The highest BCUT2D eigenvalue weighted by molar-refractivity contribution is 7.18. The topological polar surface area (TPSA) is 38.9 Å². The van der Waals surface area contributed by atoms with Gasteiger partial charge in [0.05, 0.1) is 15.2 Å². The molecule has 1 aromatic heterocycles. The molecule has 0 spiro atoms. The van der Waals surface area contributed by atoms with Gasteiger partial charge in [0, 0.05) is 6.42 Å². The van der Waals surface area contributed by atoms with Crippen molar-refractivity contribution >= 4 is 21.6 Å². The number of nitrogens with zero attached hydrogens (tertiary/aromatic N) is 1. The van der Waals surface area contributed by atoms with Crippen LogP contribution in [0.5, 0.6) is 0 Å². The van der Waals surface area contributed by atoms with E-state index in [0.717, 1.165) is 18.5 Å². The molecule has 2 rings (SSSR count). The zero-order valence-electron chi connectivity index (χ0n) is 9.81. The van der Waals surface area contributed by atoms with Gasteiger partial charge < -0.3 is 5.73 Å². The molecule has 2 nitrogen and oxygen atoms in total. The van der Waals surface area contributed by atoms with Crippen LogP contribution in [0.25, 0.3) is 10.2 Å². The molecule has 0 aliphatic rings. The fourth-order valence-electron chi connectivity index (χ4n) is 1.82. The maximum atomic E-state index is 5.79. The smallest absolute Gasteiger partial charge is 0.0941 e. The highest BCUT2D eigenvalue weighted by atomic mass is 32.1. The van der Waals surface area contributed by atoms with E-state index < -0.39 is 0 Å². The minimum Gasteiger partial charge on any atom is -0.330 e. The van der Waals surface area contributed by atoms with Crippen molar-refractivity contribution in [2.24, 2.45) is 17.6 Å². The molecule has 16 heavy (non-hydrogen) atoms. The van der Waals surface area contributed by atoms with Crippen LogP contribution in [0.3, 0.4) is 0 Å². The molecule has 0 bridgehead atoms. The van der Waals surface area contributed by atoms with E-state index in [4.69, 9.17) is 5.73 Å². The van der Waals surface area contributed by atoms with E-state index in [2.05, 4.69) is 37.0 Å². The minimum atomic E-state index is 0.542. The molecule has 0 aliphatic carbocycles. The number of aromatic nitrogens is 1. The van der Waals surface area contributed by atoms with E-state index in [0.29, 0.717) is 11.8 Å². The van der Waals surface area contributed by atoms with Gasteiger partial charge in [0.25, 0.3) is 0 Å². The van der Waals surface area contributed by atoms with Crippen molar-refractivity contribution in [1.82, 2.24) is 4.98 Å². The fourth-order valence-corrected chi connectivity index (χ4v) is 2.88. The first kappa shape index (κ1) is 11.6. The number of fused-ring (bicyclic) bond motifs is 1. The third-order valence-corrected chi connectivity index (χ3v) is 4.08. The lowest BCUT2D eigenvalue weighted by atomic mass is 9.93. The highest BCUT2D eigenvalue weighted by Gasteiger charge is 2.14. The van der Waals surface area contributed by atoms with E-state index in [1.807, 2.05) is 6.07 Å². The molecular weight excluding hydrogens is 216 g/mol. The van der Waals surface area contributed by atoms with Gasteiger partial charge in [0.2, 0.25) is 0 Å². The molecule has 0 fully saturated rings. The van der Waals surface area contributed by atoms with Crippen molar-refractivity contribution in [3.8, 4) is 0 Å². The Hall–Kier alpha value is -0.930. The molecule has 1 unspecified atom stereocenters. The Labute approximate surface area is 101 Å². The zero-order valence-corrected chi connectivity index (χ0v) is 10.6. The van der Waals surface area contributed by atoms with Crippen molar-refractivity contribution in [2.45, 2.75) is 20.3 Å². The number of rotatable bonds is 4. The Morgan fingerprint density at radius 3 is 2.69 bits per heavy atom. The summed E-state index contributed by atoms with van der Waals surface area (Å²) in [6.07, 6.45) is 1.01. The van der Waals surface area contributed by atoms with Crippen LogP contribution in [0.2, 0.25) is 0 Å². The average molecular weight is 234 g/mol. The summed E-state index contributed by atoms with van der Waals surface area (Å²) in [5.74, 6) is 1.16. The third kappa shape index (κ3) is 2.42. The number of thiazole rings is 1. The summed E-state index contributed by atoms with van der Waals surface area (Å²) >= 11 is 1.79. The SMILES string of the molecule is CC(C)C(CN)Cc1nc2ccccc2s1. The van der Waals surface area contributed by atoms with E-state index in [-0.39, 0.29) is 0 Å². The maximum Gasteiger partial charge on any atom is 0.0941 e. The maximum absolute atomic E-state index is 5.79. The van der Waals surface area contributed by atoms with Crippen molar-refractivity contribution in [2.75, 3.05) is 6.54 Å². The Morgan fingerprint density at radius 1 is 1.31 bits per heavy atom. The Morgan fingerprint density at radius 2 is 2.06 bits per heavy atom. The van der Waals surface area contributed by atoms with Crippen LogP contribution >= 0.6 is 11.3 Å². The fraction of sp³-hybridized carbons (Fsp3) is 0.462. The van der Waals surface area contributed by atoms with Crippen LogP contribution in [0.4, 0.5) is 0 Å². The lowest BCUT2D eigenvalue weighted by molar-refractivity contribution is 0.391. The van der Waals surface area contributed by atoms with Crippen molar-refractivity contribution < 1.29 is 0 Å². The number of benzene rings is 1. The summed E-state index contributed by atoms with van der Waals surface area (Å²) in [5.41, 5.74) is 6.91. The van der Waals surface area contributed by atoms with E-state index in [1.165, 1.54) is 9.71 Å². The summed E-state index contributed by atoms with van der Waals surface area (Å²) in [7, 11) is 0. The molecule has 0 aliphatic heterocycles. The number of hydrogen-bond donors (Lipinski definition) is 1. The molecule has 0 saturated heterocycles. The third-order valence-electron chi connectivity index (χ3n) is 3.02. The molecule has 86 valence electrons. The molecule has 0 amide bonds. The second-order valence-electron chi connectivity index (χ2n) is 4.52. The zero-order chi connectivity index (χ0) is 11.5. The first-order chi connectivity index (χ1) is 7.70. The van der Waals surface area contributed by atoms with Gasteiger partial charge in [0.1, 0.15) is 0 Å². The predicted octanol–water partition coefficient (Wildman–Crippen LogP) is 3.07. The quantitative estimate of drug-likeness (QED) is 0.883. The Bertz CT molecular complexity index is 429. The second-order valence-corrected chi connectivity index (χ2v) is 5.63. The van der Waals surface area contributed by atoms with Crippen LogP contribution in [0.15, 0.2) is 24.3 Å². The second kappa shape index (κ2) is 4.93. The van der Waals surface area contributed by atoms with E-state index in [1.54, 1.807) is 11.3 Å². The average Bonchev–Trinajstić information content (AvgIpc) is 2.67. The number of nitrogens with two attached hydrogens (primary N) is 1. The summed E-state index contributed by atoms with van der Waals surface area (Å²) in [6.45, 7) is 5.20. The van der Waals surface area contributed by atoms with Crippen molar-refractivity contribution in [3.05, 3.63) is 29.3 Å². The van der Waals surface area contributed by atoms with Gasteiger partial charge in [-0.25, -0.2) is 4.98 Å². The molecule has 1 aromatic carbocycles. The van der Waals surface area contributed by atoms with Gasteiger partial charge in [-0.15, -0.1) is 11.3 Å². The first-order valence-corrected chi connectivity index (χ1v) is 6.57. The summed E-state index contributed by atoms with van der Waals surface area (Å²) in [6, 6.07) is 8.30. The lowest BCUT2D eigenvalue weighted by Crippen LogP contribution is -2.21. The van der Waals surface area contributed by atoms with Gasteiger partial charge in [-0.2, -0.15) is 0 Å². The monoisotopic (exact) mass is 234 g/mol. The van der Waals surface area contributed by atoms with Gasteiger partial charge in [-0.3, -0.25) is 0 Å². The van der Waals surface area contributed by atoms with Gasteiger partial charge >= 0.3 is 0 Å². The summed E-state index contributed by atoms with van der Waals surface area (Å²) < 4.78 is 1.28. The number of hydrogen-bond acceptors (Lipinski definition) is 3. The first-order valence-electron chi connectivity index (χ1n) is 5.75. The molecule has 0 radical (unpaired) electrons. The highest BCUT2D eigenvalue weighted by Crippen LogP contribution is 2.25. The molecule has 1 atom stereocenters. The summed E-state index contributed by atoms with van der Waals surface area (Å²) in [5, 5.41) is 1.21. The largest absolute Gasteiger partial charge is 0.330 e. The van der Waals surface area contributed by atoms with Crippen LogP contribution in [-0.4, -0.2) is 11.5 Å². The van der Waals surface area contributed by atoms with Crippen molar-refractivity contribution in [3.63, 3.8) is 0 Å². The Kier molecular flexibility index (Phi) is 3.56. The van der Waals surface area contributed by atoms with Crippen LogP contribution in [0, 0.1) is 11.8 Å². The molecule has 2 aromatic rings. The number of para-hydroxylation sites is 1. The molecule has 0 saturated carbocycles. The van der Waals surface area contributed by atoms with Crippen LogP contribution in [-0.2, 0) is 6.42 Å². The molecule has 3 heteroatoms. The van der Waals surface area contributed by atoms with Crippen molar-refractivity contribution in [1.29, 1.82) is 0 Å². The van der Waals surface area contributed by atoms with E-state index >= 15 is 0 Å². The predicted molar refractivity (Wildman–Crippen MR) is 70.7 cm³/mol. The minimum absolute atomic E-state index is 0.542. The molecule has 1 heterocycles. The Balaban J connectivity index is 2.20. The molecule has 2 N–H and O–H groups in total. The molecular formula is C13H18N2S. The van der Waals surface area contributed by atoms with E-state index in [9.17, 15) is 0 Å².